The first-order valence-corrected chi connectivity index (χ1v) is 11.7. The van der Waals surface area contributed by atoms with Gasteiger partial charge < -0.3 is 24.4 Å². The van der Waals surface area contributed by atoms with Crippen LogP contribution in [0, 0.1) is 24.5 Å². The van der Waals surface area contributed by atoms with E-state index < -0.39 is 0 Å². The highest BCUT2D eigenvalue weighted by atomic mass is 16.5. The van der Waals surface area contributed by atoms with Crippen molar-refractivity contribution in [2.45, 2.75) is 20.8 Å². The molecule has 0 unspecified atom stereocenters. The molecule has 1 aromatic carbocycles. The van der Waals surface area contributed by atoms with E-state index in [1.165, 1.54) is 16.2 Å². The minimum absolute atomic E-state index is 0.615. The highest BCUT2D eigenvalue weighted by Crippen LogP contribution is 2.13. The summed E-state index contributed by atoms with van der Waals surface area (Å²) in [5.41, 5.74) is 4.60. The molecule has 0 bridgehead atoms. The van der Waals surface area contributed by atoms with Gasteiger partial charge in [-0.15, -0.1) is 0 Å². The molecule has 3 N–H and O–H groups in total. The number of aryl methyl sites for hydroxylation is 2. The predicted octanol–water partition coefficient (Wildman–Crippen LogP) is 3.07. The van der Waals surface area contributed by atoms with Crippen molar-refractivity contribution in [3.8, 4) is 5.75 Å². The van der Waals surface area contributed by atoms with Crippen LogP contribution >= 0.6 is 0 Å². The van der Waals surface area contributed by atoms with Crippen LogP contribution in [0.2, 0.25) is 0 Å². The number of rotatable bonds is 5. The molecule has 4 heterocycles. The van der Waals surface area contributed by atoms with Crippen LogP contribution in [-0.2, 0) is 4.74 Å². The largest absolute Gasteiger partial charge is 0.492 e. The summed E-state index contributed by atoms with van der Waals surface area (Å²) in [6.07, 6.45) is 4.47. The summed E-state index contributed by atoms with van der Waals surface area (Å²) < 4.78 is 11.5. The molecule has 33 heavy (non-hydrogen) atoms. The summed E-state index contributed by atoms with van der Waals surface area (Å²) in [6, 6.07) is 12.8. The van der Waals surface area contributed by atoms with Gasteiger partial charge in [-0.3, -0.25) is 4.90 Å². The molecular weight excluding hydrogens is 412 g/mol. The Labute approximate surface area is 193 Å². The van der Waals surface area contributed by atoms with Crippen molar-refractivity contribution in [2.75, 3.05) is 39.5 Å². The molecule has 0 atom stereocenters. The predicted molar refractivity (Wildman–Crippen MR) is 133 cm³/mol. The van der Waals surface area contributed by atoms with E-state index in [1.807, 2.05) is 6.92 Å². The molecule has 5 rings (SSSR count). The summed E-state index contributed by atoms with van der Waals surface area (Å²) in [5.74, 6) is 0.858. The topological polar surface area (TPSA) is 69.1 Å². The molecule has 0 radical (unpaired) electrons. The molecule has 0 spiro atoms. The Kier molecular flexibility index (Phi) is 6.11. The Morgan fingerprint density at radius 3 is 2.64 bits per heavy atom. The number of aromatic nitrogens is 3. The van der Waals surface area contributed by atoms with Gasteiger partial charge in [0.15, 0.2) is 0 Å². The van der Waals surface area contributed by atoms with Crippen LogP contribution in [0.3, 0.4) is 0 Å². The second-order valence-electron chi connectivity index (χ2n) is 8.66. The van der Waals surface area contributed by atoms with Gasteiger partial charge in [-0.25, -0.2) is 0 Å². The number of para-hydroxylation sites is 1. The molecule has 0 amide bonds. The van der Waals surface area contributed by atoms with Crippen molar-refractivity contribution in [1.82, 2.24) is 19.9 Å². The van der Waals surface area contributed by atoms with E-state index in [9.17, 15) is 0 Å². The Balaban J connectivity index is 1.73. The van der Waals surface area contributed by atoms with Crippen molar-refractivity contribution in [3.05, 3.63) is 74.6 Å². The van der Waals surface area contributed by atoms with Crippen LogP contribution < -0.4 is 15.3 Å². The highest BCUT2D eigenvalue weighted by Gasteiger charge is 2.10. The smallest absolute Gasteiger partial charge is 0.144 e. The van der Waals surface area contributed by atoms with Gasteiger partial charge in [-0.1, -0.05) is 24.3 Å². The molecule has 0 saturated carbocycles. The average Bonchev–Trinajstić information content (AvgIpc) is 3.48. The highest BCUT2D eigenvalue weighted by molar-refractivity contribution is 5.81. The van der Waals surface area contributed by atoms with Crippen LogP contribution in [0.1, 0.15) is 23.9 Å². The first-order chi connectivity index (χ1) is 16.1. The Morgan fingerprint density at radius 2 is 1.88 bits per heavy atom. The molecule has 1 aliphatic rings. The second-order valence-corrected chi connectivity index (χ2v) is 8.66. The van der Waals surface area contributed by atoms with Crippen molar-refractivity contribution in [1.29, 1.82) is 0 Å². The minimum Gasteiger partial charge on any atom is -0.492 e. The Morgan fingerprint density at radius 1 is 1.06 bits per heavy atom. The van der Waals surface area contributed by atoms with E-state index >= 15 is 0 Å². The zero-order valence-electron chi connectivity index (χ0n) is 19.6. The van der Waals surface area contributed by atoms with Crippen LogP contribution in [0.15, 0.2) is 36.4 Å². The monoisotopic (exact) mass is 444 g/mol. The lowest BCUT2D eigenvalue weighted by molar-refractivity contribution is 0.0449. The summed E-state index contributed by atoms with van der Waals surface area (Å²) in [5, 5.41) is 5.53. The molecule has 1 aliphatic heterocycles. The molecule has 3 aromatic heterocycles. The first-order valence-electron chi connectivity index (χ1n) is 11.7. The summed E-state index contributed by atoms with van der Waals surface area (Å²) in [7, 11) is 0. The maximum atomic E-state index is 6.00. The van der Waals surface area contributed by atoms with Gasteiger partial charge in [0.1, 0.15) is 5.75 Å². The van der Waals surface area contributed by atoms with Crippen molar-refractivity contribution in [2.24, 2.45) is 0 Å². The molecular formula is C27H32N4O2. The van der Waals surface area contributed by atoms with E-state index in [2.05, 4.69) is 82.2 Å². The fourth-order valence-corrected chi connectivity index (χ4v) is 4.60. The molecule has 6 nitrogen and oxygen atoms in total. The lowest BCUT2D eigenvalue weighted by Gasteiger charge is -2.25. The van der Waals surface area contributed by atoms with Gasteiger partial charge in [0.05, 0.1) is 35.9 Å². The summed E-state index contributed by atoms with van der Waals surface area (Å²) in [6.45, 7) is 11.3. The number of fused-ring (bicyclic) bond motifs is 1. The third-order valence-electron chi connectivity index (χ3n) is 6.26. The molecule has 4 aromatic rings. The van der Waals surface area contributed by atoms with Crippen molar-refractivity contribution < 1.29 is 9.47 Å². The molecule has 0 aliphatic carbocycles. The van der Waals surface area contributed by atoms with Gasteiger partial charge in [-0.2, -0.15) is 0 Å². The average molecular weight is 445 g/mol. The lowest BCUT2D eigenvalue weighted by Crippen LogP contribution is -2.36. The normalized spacial score (nSPS) is 17.3. The van der Waals surface area contributed by atoms with Gasteiger partial charge in [0.25, 0.3) is 0 Å². The van der Waals surface area contributed by atoms with Gasteiger partial charge in [0, 0.05) is 53.2 Å². The van der Waals surface area contributed by atoms with Crippen molar-refractivity contribution >= 4 is 23.1 Å². The third kappa shape index (κ3) is 4.49. The van der Waals surface area contributed by atoms with Gasteiger partial charge in [-0.05, 0) is 44.5 Å². The molecule has 172 valence electrons. The quantitative estimate of drug-likeness (QED) is 0.443. The number of hydrogen-bond donors (Lipinski definition) is 3. The van der Waals surface area contributed by atoms with Crippen LogP contribution in [-0.4, -0.2) is 59.3 Å². The summed E-state index contributed by atoms with van der Waals surface area (Å²) in [4.78, 5) is 13.1. The lowest BCUT2D eigenvalue weighted by atomic mass is 10.2. The summed E-state index contributed by atoms with van der Waals surface area (Å²) >= 11 is 0. The van der Waals surface area contributed by atoms with E-state index in [1.54, 1.807) is 0 Å². The SMILES string of the molecule is CCOc1c/c(=c2/[nH]c3ccccc3c2=CCN2CCOCC2)[nH]c1=Cc1[nH]c(C)cc1C. The van der Waals surface area contributed by atoms with Crippen LogP contribution in [0.5, 0.6) is 5.75 Å². The van der Waals surface area contributed by atoms with Gasteiger partial charge in [0.2, 0.25) is 0 Å². The van der Waals surface area contributed by atoms with Crippen molar-refractivity contribution in [3.63, 3.8) is 0 Å². The minimum atomic E-state index is 0.615. The van der Waals surface area contributed by atoms with Gasteiger partial charge >= 0.3 is 0 Å². The number of aromatic amines is 3. The number of morpholine rings is 1. The maximum absolute atomic E-state index is 6.00. The van der Waals surface area contributed by atoms with E-state index in [4.69, 9.17) is 9.47 Å². The number of nitrogens with one attached hydrogen (secondary N) is 3. The molecule has 1 saturated heterocycles. The zero-order valence-corrected chi connectivity index (χ0v) is 19.6. The Hall–Kier alpha value is -3.22. The van der Waals surface area contributed by atoms with E-state index in [0.29, 0.717) is 6.61 Å². The fraction of sp³-hybridized carbons (Fsp3) is 0.333. The number of H-pyrrole nitrogens is 3. The molecule has 6 heteroatoms. The maximum Gasteiger partial charge on any atom is 0.144 e. The second kappa shape index (κ2) is 9.33. The van der Waals surface area contributed by atoms with E-state index in [-0.39, 0.29) is 0 Å². The zero-order chi connectivity index (χ0) is 22.8. The third-order valence-corrected chi connectivity index (χ3v) is 6.26. The number of nitrogens with zero attached hydrogens (tertiary/aromatic N) is 1. The van der Waals surface area contributed by atoms with Crippen LogP contribution in [0.25, 0.3) is 23.1 Å². The Bertz CT molecular complexity index is 1470. The molecule has 1 fully saturated rings. The van der Waals surface area contributed by atoms with Crippen LogP contribution in [0.4, 0.5) is 0 Å². The fourth-order valence-electron chi connectivity index (χ4n) is 4.60. The number of benzene rings is 1. The van der Waals surface area contributed by atoms with E-state index in [0.717, 1.165) is 71.5 Å². The number of hydrogen-bond acceptors (Lipinski definition) is 3. The first kappa shape index (κ1) is 21.6. The number of ether oxygens (including phenoxy) is 2. The standard InChI is InChI=1S/C27H32N4O2/c1-4-33-26-17-25(29-24(26)16-23-18(2)15-19(3)28-23)27-21(9-10-31-11-13-32-14-12-31)20-7-5-6-8-22(20)30-27/h5-9,15-17,28-30H,4,10-14H2,1-3H3/b21-9?,24-16?,27-25-.